The third-order valence-electron chi connectivity index (χ3n) is 2.96. The molecule has 3 nitrogen and oxygen atoms in total. The molecule has 0 aliphatic carbocycles. The van der Waals surface area contributed by atoms with Crippen LogP contribution in [0.4, 0.5) is 17.1 Å². The summed E-state index contributed by atoms with van der Waals surface area (Å²) in [5.41, 5.74) is 9.76. The van der Waals surface area contributed by atoms with Crippen molar-refractivity contribution < 1.29 is 4.74 Å². The predicted molar refractivity (Wildman–Crippen MR) is 84.2 cm³/mol. The van der Waals surface area contributed by atoms with Gasteiger partial charge in [-0.3, -0.25) is 0 Å². The lowest BCUT2D eigenvalue weighted by Crippen LogP contribution is -1.97. The first kappa shape index (κ1) is 13.7. The number of nitrogens with one attached hydrogen (secondary N) is 1. The summed E-state index contributed by atoms with van der Waals surface area (Å²) in [5.74, 6) is 0.681. The first-order chi connectivity index (χ1) is 9.13. The van der Waals surface area contributed by atoms with Gasteiger partial charge in [0, 0.05) is 21.9 Å². The maximum absolute atomic E-state index is 5.81. The van der Waals surface area contributed by atoms with Crippen molar-refractivity contribution in [3.8, 4) is 5.75 Å². The van der Waals surface area contributed by atoms with Gasteiger partial charge in [-0.1, -0.05) is 22.9 Å². The topological polar surface area (TPSA) is 47.3 Å². The van der Waals surface area contributed by atoms with E-state index < -0.39 is 0 Å². The number of rotatable bonds is 4. The zero-order valence-electron chi connectivity index (χ0n) is 11.0. The molecule has 19 heavy (non-hydrogen) atoms. The minimum Gasteiger partial charge on any atom is -0.495 e. The Morgan fingerprint density at radius 3 is 2.68 bits per heavy atom. The summed E-state index contributed by atoms with van der Waals surface area (Å²) in [4.78, 5) is 0. The zero-order valence-corrected chi connectivity index (χ0v) is 12.6. The number of ether oxygens (including phenoxy) is 1. The van der Waals surface area contributed by atoms with Gasteiger partial charge >= 0.3 is 0 Å². The number of nitrogens with two attached hydrogens (primary N) is 1. The lowest BCUT2D eigenvalue weighted by atomic mass is 10.1. The number of halogens is 1. The molecule has 0 fully saturated rings. The Bertz CT molecular complexity index is 584. The summed E-state index contributed by atoms with van der Waals surface area (Å²) in [7, 11) is 1.62. The summed E-state index contributed by atoms with van der Waals surface area (Å²) < 4.78 is 6.31. The average molecular weight is 321 g/mol. The van der Waals surface area contributed by atoms with Gasteiger partial charge in [0.1, 0.15) is 5.75 Å². The fourth-order valence-corrected chi connectivity index (χ4v) is 2.33. The molecule has 0 aliphatic rings. The molecule has 2 aromatic carbocycles. The van der Waals surface area contributed by atoms with E-state index in [1.807, 2.05) is 24.3 Å². The molecule has 2 rings (SSSR count). The van der Waals surface area contributed by atoms with Crippen LogP contribution < -0.4 is 15.8 Å². The minimum absolute atomic E-state index is 0.638. The van der Waals surface area contributed by atoms with Crippen molar-refractivity contribution in [1.82, 2.24) is 0 Å². The van der Waals surface area contributed by atoms with Crippen molar-refractivity contribution in [1.29, 1.82) is 0 Å². The van der Waals surface area contributed by atoms with Crippen molar-refractivity contribution in [2.45, 2.75) is 13.3 Å². The highest BCUT2D eigenvalue weighted by molar-refractivity contribution is 9.10. The summed E-state index contributed by atoms with van der Waals surface area (Å²) in [5, 5.41) is 3.40. The fraction of sp³-hybridized carbons (Fsp3) is 0.200. The van der Waals surface area contributed by atoms with Gasteiger partial charge < -0.3 is 15.8 Å². The monoisotopic (exact) mass is 320 g/mol. The summed E-state index contributed by atoms with van der Waals surface area (Å²) >= 11 is 3.49. The van der Waals surface area contributed by atoms with Crippen LogP contribution >= 0.6 is 15.9 Å². The van der Waals surface area contributed by atoms with Crippen LogP contribution in [0.3, 0.4) is 0 Å². The molecule has 0 saturated carbocycles. The van der Waals surface area contributed by atoms with E-state index in [1.54, 1.807) is 7.11 Å². The molecule has 0 aromatic heterocycles. The van der Waals surface area contributed by atoms with Crippen molar-refractivity contribution in [2.24, 2.45) is 0 Å². The number of hydrogen-bond donors (Lipinski definition) is 2. The summed E-state index contributed by atoms with van der Waals surface area (Å²) in [6, 6.07) is 11.9. The Kier molecular flexibility index (Phi) is 4.32. The predicted octanol–water partition coefficient (Wildman–Crippen LogP) is 4.35. The van der Waals surface area contributed by atoms with Crippen LogP contribution in [0, 0.1) is 0 Å². The molecule has 0 radical (unpaired) electrons. The molecule has 0 aliphatic heterocycles. The highest BCUT2D eigenvalue weighted by Crippen LogP contribution is 2.29. The molecule has 0 amide bonds. The lowest BCUT2D eigenvalue weighted by molar-refractivity contribution is 0.417. The molecular formula is C15H17BrN2O. The fourth-order valence-electron chi connectivity index (χ4n) is 1.92. The molecule has 0 atom stereocenters. The molecular weight excluding hydrogens is 304 g/mol. The van der Waals surface area contributed by atoms with E-state index in [-0.39, 0.29) is 0 Å². The van der Waals surface area contributed by atoms with Crippen LogP contribution in [0.1, 0.15) is 12.5 Å². The van der Waals surface area contributed by atoms with Gasteiger partial charge in [-0.25, -0.2) is 0 Å². The van der Waals surface area contributed by atoms with Gasteiger partial charge in [0.05, 0.1) is 12.8 Å². The SMILES string of the molecule is CCc1cc(Br)ccc1Nc1ccc(N)c(OC)c1. The Hall–Kier alpha value is -1.68. The van der Waals surface area contributed by atoms with E-state index >= 15 is 0 Å². The average Bonchev–Trinajstić information content (AvgIpc) is 2.42. The third kappa shape index (κ3) is 3.20. The normalized spacial score (nSPS) is 10.3. The molecule has 0 bridgehead atoms. The minimum atomic E-state index is 0.638. The standard InChI is InChI=1S/C15H17BrN2O/c1-3-10-8-11(16)4-7-14(10)18-12-5-6-13(17)15(9-12)19-2/h4-9,18H,3,17H2,1-2H3. The first-order valence-corrected chi connectivity index (χ1v) is 6.92. The van der Waals surface area contributed by atoms with E-state index in [4.69, 9.17) is 10.5 Å². The highest BCUT2D eigenvalue weighted by atomic mass is 79.9. The van der Waals surface area contributed by atoms with Crippen molar-refractivity contribution >= 4 is 33.0 Å². The van der Waals surface area contributed by atoms with Crippen LogP contribution in [0.25, 0.3) is 0 Å². The van der Waals surface area contributed by atoms with Crippen LogP contribution in [0.5, 0.6) is 5.75 Å². The maximum atomic E-state index is 5.81. The molecule has 0 spiro atoms. The number of nitrogen functional groups attached to an aromatic ring is 1. The Morgan fingerprint density at radius 1 is 1.21 bits per heavy atom. The van der Waals surface area contributed by atoms with Gasteiger partial charge in [-0.05, 0) is 42.3 Å². The second kappa shape index (κ2) is 5.97. The van der Waals surface area contributed by atoms with Crippen LogP contribution in [0.15, 0.2) is 40.9 Å². The molecule has 0 heterocycles. The second-order valence-electron chi connectivity index (χ2n) is 4.24. The highest BCUT2D eigenvalue weighted by Gasteiger charge is 2.05. The maximum Gasteiger partial charge on any atom is 0.143 e. The molecule has 100 valence electrons. The van der Waals surface area contributed by atoms with Crippen LogP contribution in [0.2, 0.25) is 0 Å². The molecule has 3 N–H and O–H groups in total. The number of hydrogen-bond acceptors (Lipinski definition) is 3. The summed E-state index contributed by atoms with van der Waals surface area (Å²) in [6.45, 7) is 2.14. The molecule has 0 unspecified atom stereocenters. The van der Waals surface area contributed by atoms with Crippen molar-refractivity contribution in [3.63, 3.8) is 0 Å². The van der Waals surface area contributed by atoms with Gasteiger partial charge in [-0.15, -0.1) is 0 Å². The number of methoxy groups -OCH3 is 1. The van der Waals surface area contributed by atoms with E-state index in [1.165, 1.54) is 5.56 Å². The number of anilines is 3. The smallest absolute Gasteiger partial charge is 0.143 e. The van der Waals surface area contributed by atoms with Gasteiger partial charge in [-0.2, -0.15) is 0 Å². The van der Waals surface area contributed by atoms with E-state index in [0.29, 0.717) is 11.4 Å². The van der Waals surface area contributed by atoms with E-state index in [0.717, 1.165) is 22.3 Å². The van der Waals surface area contributed by atoms with Crippen LogP contribution in [-0.2, 0) is 6.42 Å². The third-order valence-corrected chi connectivity index (χ3v) is 3.45. The number of benzene rings is 2. The number of aryl methyl sites for hydroxylation is 1. The van der Waals surface area contributed by atoms with E-state index in [9.17, 15) is 0 Å². The lowest BCUT2D eigenvalue weighted by Gasteiger charge is -2.13. The molecule has 2 aromatic rings. The first-order valence-electron chi connectivity index (χ1n) is 6.13. The second-order valence-corrected chi connectivity index (χ2v) is 5.15. The largest absolute Gasteiger partial charge is 0.495 e. The van der Waals surface area contributed by atoms with Gasteiger partial charge in [0.25, 0.3) is 0 Å². The van der Waals surface area contributed by atoms with Gasteiger partial charge in [0.15, 0.2) is 0 Å². The van der Waals surface area contributed by atoms with Crippen LogP contribution in [-0.4, -0.2) is 7.11 Å². The quantitative estimate of drug-likeness (QED) is 0.823. The van der Waals surface area contributed by atoms with Gasteiger partial charge in [0.2, 0.25) is 0 Å². The van der Waals surface area contributed by atoms with E-state index in [2.05, 4.69) is 40.3 Å². The zero-order chi connectivity index (χ0) is 13.8. The van der Waals surface area contributed by atoms with Crippen molar-refractivity contribution in [3.05, 3.63) is 46.4 Å². The molecule has 0 saturated heterocycles. The molecule has 4 heteroatoms. The Labute approximate surface area is 121 Å². The summed E-state index contributed by atoms with van der Waals surface area (Å²) in [6.07, 6.45) is 0.966. The Morgan fingerprint density at radius 2 is 2.00 bits per heavy atom. The Balaban J connectivity index is 2.30. The van der Waals surface area contributed by atoms with Crippen molar-refractivity contribution in [2.75, 3.05) is 18.2 Å².